The molecule has 1 aliphatic rings. The maximum absolute atomic E-state index is 12.6. The van der Waals surface area contributed by atoms with Gasteiger partial charge >= 0.3 is 0 Å². The molecule has 0 N–H and O–H groups in total. The molecule has 1 fully saturated rings. The molecule has 0 radical (unpaired) electrons. The SMILES string of the molecule is CN(Cc1ccc(Cl)s1)C(=O)C1CCN(C(=O)c2ccoc2)CC1. The number of thiophene rings is 1. The van der Waals surface area contributed by atoms with Gasteiger partial charge in [0.15, 0.2) is 0 Å². The maximum atomic E-state index is 12.6. The van der Waals surface area contributed by atoms with E-state index in [9.17, 15) is 9.59 Å². The Labute approximate surface area is 149 Å². The predicted molar refractivity (Wildman–Crippen MR) is 93.1 cm³/mol. The van der Waals surface area contributed by atoms with E-state index in [1.807, 2.05) is 19.2 Å². The van der Waals surface area contributed by atoms with Crippen LogP contribution in [0, 0.1) is 5.92 Å². The second-order valence-corrected chi connectivity index (χ2v) is 7.78. The molecular weight excluding hydrogens is 348 g/mol. The number of amides is 2. The zero-order valence-corrected chi connectivity index (χ0v) is 15.0. The molecule has 0 aliphatic carbocycles. The molecule has 0 unspecified atom stereocenters. The number of halogens is 1. The number of carbonyl (C=O) groups is 2. The van der Waals surface area contributed by atoms with E-state index in [0.29, 0.717) is 38.0 Å². The molecule has 3 rings (SSSR count). The van der Waals surface area contributed by atoms with Crippen molar-refractivity contribution in [3.63, 3.8) is 0 Å². The Kier molecular flexibility index (Phi) is 5.26. The molecule has 0 bridgehead atoms. The quantitative estimate of drug-likeness (QED) is 0.832. The van der Waals surface area contributed by atoms with Gasteiger partial charge in [-0.25, -0.2) is 0 Å². The molecule has 0 spiro atoms. The summed E-state index contributed by atoms with van der Waals surface area (Å²) < 4.78 is 5.69. The Morgan fingerprint density at radius 3 is 2.67 bits per heavy atom. The monoisotopic (exact) mass is 366 g/mol. The van der Waals surface area contributed by atoms with Crippen molar-refractivity contribution >= 4 is 34.8 Å². The molecule has 1 saturated heterocycles. The highest BCUT2D eigenvalue weighted by molar-refractivity contribution is 7.16. The summed E-state index contributed by atoms with van der Waals surface area (Å²) in [5, 5.41) is 0. The van der Waals surface area contributed by atoms with E-state index in [0.717, 1.165) is 9.21 Å². The van der Waals surface area contributed by atoms with Gasteiger partial charge in [-0.05, 0) is 31.0 Å². The Morgan fingerprint density at radius 1 is 1.33 bits per heavy atom. The Morgan fingerprint density at radius 2 is 2.08 bits per heavy atom. The summed E-state index contributed by atoms with van der Waals surface area (Å²) in [6.07, 6.45) is 4.34. The summed E-state index contributed by atoms with van der Waals surface area (Å²) in [5.74, 6) is 0.0741. The Balaban J connectivity index is 1.52. The lowest BCUT2D eigenvalue weighted by Crippen LogP contribution is -2.43. The first-order valence-corrected chi connectivity index (χ1v) is 9.04. The molecule has 0 saturated carbocycles. The number of furan rings is 1. The zero-order valence-electron chi connectivity index (χ0n) is 13.4. The average molecular weight is 367 g/mol. The van der Waals surface area contributed by atoms with Gasteiger partial charge in [-0.15, -0.1) is 11.3 Å². The molecule has 2 amide bonds. The van der Waals surface area contributed by atoms with E-state index in [1.165, 1.54) is 23.9 Å². The molecule has 2 aromatic heterocycles. The molecule has 128 valence electrons. The van der Waals surface area contributed by atoms with Crippen LogP contribution in [0.2, 0.25) is 4.34 Å². The number of hydrogen-bond acceptors (Lipinski definition) is 4. The number of hydrogen-bond donors (Lipinski definition) is 0. The fourth-order valence-corrected chi connectivity index (χ4v) is 4.10. The summed E-state index contributed by atoms with van der Waals surface area (Å²) in [7, 11) is 1.82. The molecule has 0 aromatic carbocycles. The van der Waals surface area contributed by atoms with Gasteiger partial charge in [-0.3, -0.25) is 9.59 Å². The van der Waals surface area contributed by atoms with E-state index >= 15 is 0 Å². The molecular formula is C17H19ClN2O3S. The Hall–Kier alpha value is -1.79. The van der Waals surface area contributed by atoms with Crippen LogP contribution in [0.5, 0.6) is 0 Å². The van der Waals surface area contributed by atoms with Crippen LogP contribution in [-0.4, -0.2) is 41.8 Å². The molecule has 3 heterocycles. The number of carbonyl (C=O) groups excluding carboxylic acids is 2. The van der Waals surface area contributed by atoms with Crippen molar-refractivity contribution in [3.8, 4) is 0 Å². The normalized spacial score (nSPS) is 15.5. The topological polar surface area (TPSA) is 53.8 Å². The van der Waals surface area contributed by atoms with Crippen molar-refractivity contribution in [1.29, 1.82) is 0 Å². The second-order valence-electron chi connectivity index (χ2n) is 5.98. The lowest BCUT2D eigenvalue weighted by Gasteiger charge is -2.33. The third kappa shape index (κ3) is 3.82. The lowest BCUT2D eigenvalue weighted by molar-refractivity contribution is -0.136. The third-order valence-corrected chi connectivity index (χ3v) is 5.51. The highest BCUT2D eigenvalue weighted by Gasteiger charge is 2.29. The van der Waals surface area contributed by atoms with Crippen LogP contribution in [-0.2, 0) is 11.3 Å². The van der Waals surface area contributed by atoms with Gasteiger partial charge in [0.05, 0.1) is 22.7 Å². The van der Waals surface area contributed by atoms with Gasteiger partial charge in [-0.1, -0.05) is 11.6 Å². The summed E-state index contributed by atoms with van der Waals surface area (Å²) in [4.78, 5) is 29.5. The number of nitrogens with zero attached hydrogens (tertiary/aromatic N) is 2. The maximum Gasteiger partial charge on any atom is 0.257 e. The average Bonchev–Trinajstić information content (AvgIpc) is 3.25. The van der Waals surface area contributed by atoms with Crippen LogP contribution >= 0.6 is 22.9 Å². The minimum atomic E-state index is -0.0313. The van der Waals surface area contributed by atoms with Crippen LogP contribution in [0.25, 0.3) is 0 Å². The standard InChI is InChI=1S/C17H19ClN2O3S/c1-19(10-14-2-3-15(18)24-14)16(21)12-4-7-20(8-5-12)17(22)13-6-9-23-11-13/h2-3,6,9,11-12H,4-5,7-8,10H2,1H3. The zero-order chi connectivity index (χ0) is 17.1. The van der Waals surface area contributed by atoms with Crippen molar-refractivity contribution in [1.82, 2.24) is 9.80 Å². The number of rotatable bonds is 4. The van der Waals surface area contributed by atoms with E-state index in [4.69, 9.17) is 16.0 Å². The first-order valence-electron chi connectivity index (χ1n) is 7.85. The van der Waals surface area contributed by atoms with E-state index in [-0.39, 0.29) is 17.7 Å². The summed E-state index contributed by atoms with van der Waals surface area (Å²) in [6, 6.07) is 5.46. The molecule has 1 aliphatic heterocycles. The molecule has 0 atom stereocenters. The smallest absolute Gasteiger partial charge is 0.257 e. The summed E-state index contributed by atoms with van der Waals surface area (Å²) >= 11 is 7.42. The fourth-order valence-electron chi connectivity index (χ4n) is 2.96. The van der Waals surface area contributed by atoms with Crippen molar-refractivity contribution in [2.24, 2.45) is 5.92 Å². The second kappa shape index (κ2) is 7.40. The molecule has 24 heavy (non-hydrogen) atoms. The minimum absolute atomic E-state index is 0.0289. The highest BCUT2D eigenvalue weighted by Crippen LogP contribution is 2.25. The largest absolute Gasteiger partial charge is 0.472 e. The van der Waals surface area contributed by atoms with Crippen molar-refractivity contribution in [3.05, 3.63) is 45.5 Å². The van der Waals surface area contributed by atoms with Crippen LogP contribution in [0.15, 0.2) is 35.1 Å². The Bertz CT molecular complexity index is 705. The van der Waals surface area contributed by atoms with Gasteiger partial charge in [-0.2, -0.15) is 0 Å². The van der Waals surface area contributed by atoms with Crippen LogP contribution < -0.4 is 0 Å². The lowest BCUT2D eigenvalue weighted by atomic mass is 9.95. The molecule has 7 heteroatoms. The van der Waals surface area contributed by atoms with Gasteiger partial charge in [0.2, 0.25) is 5.91 Å². The highest BCUT2D eigenvalue weighted by atomic mass is 35.5. The van der Waals surface area contributed by atoms with Gasteiger partial charge < -0.3 is 14.2 Å². The molecule has 2 aromatic rings. The summed E-state index contributed by atoms with van der Waals surface area (Å²) in [6.45, 7) is 1.77. The first-order chi connectivity index (χ1) is 11.5. The van der Waals surface area contributed by atoms with Crippen LogP contribution in [0.3, 0.4) is 0 Å². The van der Waals surface area contributed by atoms with Crippen LogP contribution in [0.1, 0.15) is 28.1 Å². The van der Waals surface area contributed by atoms with Gasteiger partial charge in [0, 0.05) is 30.9 Å². The van der Waals surface area contributed by atoms with Crippen molar-refractivity contribution in [2.45, 2.75) is 19.4 Å². The van der Waals surface area contributed by atoms with Gasteiger partial charge in [0.1, 0.15) is 6.26 Å². The number of likely N-dealkylation sites (tertiary alicyclic amines) is 1. The van der Waals surface area contributed by atoms with Crippen molar-refractivity contribution in [2.75, 3.05) is 20.1 Å². The summed E-state index contributed by atoms with van der Waals surface area (Å²) in [5.41, 5.74) is 0.562. The van der Waals surface area contributed by atoms with Crippen molar-refractivity contribution < 1.29 is 14.0 Å². The van der Waals surface area contributed by atoms with E-state index in [2.05, 4.69) is 0 Å². The van der Waals surface area contributed by atoms with Gasteiger partial charge in [0.25, 0.3) is 5.91 Å². The van der Waals surface area contributed by atoms with Crippen LogP contribution in [0.4, 0.5) is 0 Å². The predicted octanol–water partition coefficient (Wildman–Crippen LogP) is 3.51. The molecule has 5 nitrogen and oxygen atoms in total. The third-order valence-electron chi connectivity index (χ3n) is 4.30. The van der Waals surface area contributed by atoms with E-state index in [1.54, 1.807) is 15.9 Å². The minimum Gasteiger partial charge on any atom is -0.472 e. The fraction of sp³-hybridized carbons (Fsp3) is 0.412. The van der Waals surface area contributed by atoms with E-state index < -0.39 is 0 Å². The number of piperidine rings is 1. The first kappa shape index (κ1) is 17.0.